The zero-order valence-corrected chi connectivity index (χ0v) is 9.57. The predicted octanol–water partition coefficient (Wildman–Crippen LogP) is 1.20. The van der Waals surface area contributed by atoms with Gasteiger partial charge in [0.05, 0.1) is 5.75 Å². The molecule has 1 fully saturated rings. The number of hydrogen-bond acceptors (Lipinski definition) is 2. The molecule has 0 bridgehead atoms. The van der Waals surface area contributed by atoms with Crippen LogP contribution in [-0.2, 0) is 10.0 Å². The van der Waals surface area contributed by atoms with E-state index in [0.29, 0.717) is 17.9 Å². The van der Waals surface area contributed by atoms with Crippen LogP contribution in [0.25, 0.3) is 0 Å². The summed E-state index contributed by atoms with van der Waals surface area (Å²) in [5.41, 5.74) is 0. The summed E-state index contributed by atoms with van der Waals surface area (Å²) in [7, 11) is -2.95. The van der Waals surface area contributed by atoms with Gasteiger partial charge in [-0.05, 0) is 19.8 Å². The van der Waals surface area contributed by atoms with E-state index in [1.807, 2.05) is 0 Å². The molecule has 0 aromatic heterocycles. The highest BCUT2D eigenvalue weighted by Gasteiger charge is 2.25. The molecule has 0 N–H and O–H groups in total. The highest BCUT2D eigenvalue weighted by Crippen LogP contribution is 2.19. The zero-order chi connectivity index (χ0) is 9.19. The number of sulfonamides is 1. The van der Waals surface area contributed by atoms with Gasteiger partial charge in [-0.3, -0.25) is 0 Å². The van der Waals surface area contributed by atoms with Crippen LogP contribution in [0.5, 0.6) is 0 Å². The van der Waals surface area contributed by atoms with Crippen molar-refractivity contribution in [2.45, 2.75) is 24.6 Å². The number of rotatable bonds is 2. The molecule has 1 aliphatic heterocycles. The minimum Gasteiger partial charge on any atom is -0.212 e. The lowest BCUT2D eigenvalue weighted by Gasteiger charge is -2.28. The Kier molecular flexibility index (Phi) is 3.55. The summed E-state index contributed by atoms with van der Waals surface area (Å²) < 4.78 is 24.4. The van der Waals surface area contributed by atoms with Crippen molar-refractivity contribution in [1.29, 1.82) is 0 Å². The fourth-order valence-corrected chi connectivity index (χ4v) is 3.37. The molecule has 0 radical (unpaired) electrons. The SMILES string of the molecule is CCS(=O)(=O)N1CCCC(Br)C1. The number of alkyl halides is 1. The van der Waals surface area contributed by atoms with E-state index in [-0.39, 0.29) is 5.75 Å². The van der Waals surface area contributed by atoms with Gasteiger partial charge >= 0.3 is 0 Å². The average molecular weight is 256 g/mol. The van der Waals surface area contributed by atoms with Crippen molar-refractivity contribution in [1.82, 2.24) is 4.31 Å². The maximum Gasteiger partial charge on any atom is 0.213 e. The van der Waals surface area contributed by atoms with Crippen molar-refractivity contribution in [3.63, 3.8) is 0 Å². The number of piperidine rings is 1. The Hall–Kier alpha value is 0.390. The van der Waals surface area contributed by atoms with Crippen LogP contribution in [0.1, 0.15) is 19.8 Å². The Bertz CT molecular complexity index is 240. The lowest BCUT2D eigenvalue weighted by atomic mass is 10.2. The summed E-state index contributed by atoms with van der Waals surface area (Å²) in [5, 5.41) is 0. The van der Waals surface area contributed by atoms with Gasteiger partial charge in [-0.1, -0.05) is 15.9 Å². The van der Waals surface area contributed by atoms with Crippen LogP contribution in [0, 0.1) is 0 Å². The first-order valence-corrected chi connectivity index (χ1v) is 6.70. The molecule has 5 heteroatoms. The molecule has 0 aliphatic carbocycles. The van der Waals surface area contributed by atoms with E-state index < -0.39 is 10.0 Å². The monoisotopic (exact) mass is 255 g/mol. The third-order valence-corrected chi connectivity index (χ3v) is 4.68. The molecule has 12 heavy (non-hydrogen) atoms. The van der Waals surface area contributed by atoms with Gasteiger partial charge in [0.15, 0.2) is 0 Å². The van der Waals surface area contributed by atoms with Crippen LogP contribution < -0.4 is 0 Å². The van der Waals surface area contributed by atoms with E-state index in [9.17, 15) is 8.42 Å². The van der Waals surface area contributed by atoms with Gasteiger partial charge < -0.3 is 0 Å². The minimum atomic E-state index is -2.95. The molecule has 1 saturated heterocycles. The van der Waals surface area contributed by atoms with Crippen LogP contribution >= 0.6 is 15.9 Å². The summed E-state index contributed by atoms with van der Waals surface area (Å²) in [6.07, 6.45) is 2.05. The van der Waals surface area contributed by atoms with Crippen molar-refractivity contribution in [3.05, 3.63) is 0 Å². The quantitative estimate of drug-likeness (QED) is 0.696. The minimum absolute atomic E-state index is 0.215. The normalized spacial score (nSPS) is 27.3. The first-order valence-electron chi connectivity index (χ1n) is 4.18. The molecule has 1 heterocycles. The summed E-state index contributed by atoms with van der Waals surface area (Å²) in [6.45, 7) is 3.02. The van der Waals surface area contributed by atoms with Crippen LogP contribution in [0.15, 0.2) is 0 Å². The summed E-state index contributed by atoms with van der Waals surface area (Å²) >= 11 is 3.44. The second kappa shape index (κ2) is 4.07. The molecular weight excluding hydrogens is 242 g/mol. The third-order valence-electron chi connectivity index (χ3n) is 2.08. The second-order valence-electron chi connectivity index (χ2n) is 3.00. The average Bonchev–Trinajstić information content (AvgIpc) is 2.05. The summed E-state index contributed by atoms with van der Waals surface area (Å²) in [4.78, 5) is 0.340. The van der Waals surface area contributed by atoms with Crippen LogP contribution in [0.4, 0.5) is 0 Å². The molecule has 0 amide bonds. The smallest absolute Gasteiger partial charge is 0.212 e. The van der Waals surface area contributed by atoms with E-state index >= 15 is 0 Å². The number of hydrogen-bond donors (Lipinski definition) is 0. The van der Waals surface area contributed by atoms with E-state index in [4.69, 9.17) is 0 Å². The van der Waals surface area contributed by atoms with Gasteiger partial charge in [-0.2, -0.15) is 0 Å². The Morgan fingerprint density at radius 2 is 2.25 bits per heavy atom. The second-order valence-corrected chi connectivity index (χ2v) is 6.55. The molecule has 0 saturated carbocycles. The van der Waals surface area contributed by atoms with Crippen LogP contribution in [-0.4, -0.2) is 36.4 Å². The molecule has 1 atom stereocenters. The van der Waals surface area contributed by atoms with Crippen molar-refractivity contribution in [3.8, 4) is 0 Å². The maximum atomic E-state index is 11.4. The lowest BCUT2D eigenvalue weighted by Crippen LogP contribution is -2.40. The van der Waals surface area contributed by atoms with E-state index in [0.717, 1.165) is 12.8 Å². The Morgan fingerprint density at radius 3 is 2.75 bits per heavy atom. The van der Waals surface area contributed by atoms with Gasteiger partial charge in [0, 0.05) is 17.9 Å². The molecule has 1 aliphatic rings. The fraction of sp³-hybridized carbons (Fsp3) is 1.00. The van der Waals surface area contributed by atoms with Gasteiger partial charge in [0.1, 0.15) is 0 Å². The molecule has 72 valence electrons. The van der Waals surface area contributed by atoms with Gasteiger partial charge in [-0.15, -0.1) is 0 Å². The molecule has 3 nitrogen and oxygen atoms in total. The summed E-state index contributed by atoms with van der Waals surface area (Å²) in [5.74, 6) is 0.215. The summed E-state index contributed by atoms with van der Waals surface area (Å²) in [6, 6.07) is 0. The molecule has 0 aromatic rings. The number of halogens is 1. The zero-order valence-electron chi connectivity index (χ0n) is 7.16. The van der Waals surface area contributed by atoms with E-state index in [2.05, 4.69) is 15.9 Å². The van der Waals surface area contributed by atoms with Gasteiger partial charge in [0.25, 0.3) is 0 Å². The largest absolute Gasteiger partial charge is 0.213 e. The highest BCUT2D eigenvalue weighted by molar-refractivity contribution is 9.09. The van der Waals surface area contributed by atoms with Crippen LogP contribution in [0.2, 0.25) is 0 Å². The molecular formula is C7H14BrNO2S. The Labute approximate surface area is 82.3 Å². The molecule has 1 unspecified atom stereocenters. The van der Waals surface area contributed by atoms with Crippen molar-refractivity contribution < 1.29 is 8.42 Å². The highest BCUT2D eigenvalue weighted by atomic mass is 79.9. The molecule has 0 spiro atoms. The Balaban J connectivity index is 2.63. The van der Waals surface area contributed by atoms with Crippen molar-refractivity contribution in [2.24, 2.45) is 0 Å². The van der Waals surface area contributed by atoms with Gasteiger partial charge in [0.2, 0.25) is 10.0 Å². The maximum absolute atomic E-state index is 11.4. The molecule has 0 aromatic carbocycles. The first-order chi connectivity index (χ1) is 5.56. The van der Waals surface area contributed by atoms with Gasteiger partial charge in [-0.25, -0.2) is 12.7 Å². The van der Waals surface area contributed by atoms with E-state index in [1.54, 1.807) is 11.2 Å². The van der Waals surface area contributed by atoms with E-state index in [1.165, 1.54) is 0 Å². The van der Waals surface area contributed by atoms with Crippen LogP contribution in [0.3, 0.4) is 0 Å². The lowest BCUT2D eigenvalue weighted by molar-refractivity contribution is 0.356. The molecule has 1 rings (SSSR count). The topological polar surface area (TPSA) is 37.4 Å². The number of nitrogens with zero attached hydrogens (tertiary/aromatic N) is 1. The van der Waals surface area contributed by atoms with Crippen molar-refractivity contribution in [2.75, 3.05) is 18.8 Å². The van der Waals surface area contributed by atoms with Crippen molar-refractivity contribution >= 4 is 26.0 Å². The third kappa shape index (κ3) is 2.44. The fourth-order valence-electron chi connectivity index (χ4n) is 1.33. The first kappa shape index (κ1) is 10.5. The Morgan fingerprint density at radius 1 is 1.58 bits per heavy atom. The standard InChI is InChI=1S/C7H14BrNO2S/c1-2-12(10,11)9-5-3-4-7(8)6-9/h7H,2-6H2,1H3. The predicted molar refractivity (Wildman–Crippen MR) is 53.0 cm³/mol.